The molecule has 0 aliphatic rings. The van der Waals surface area contributed by atoms with E-state index in [1.807, 2.05) is 62.4 Å². The first-order chi connectivity index (χ1) is 15.6. The summed E-state index contributed by atoms with van der Waals surface area (Å²) in [5, 5.41) is 18.8. The van der Waals surface area contributed by atoms with Crippen LogP contribution < -0.4 is 15.4 Å². The van der Waals surface area contributed by atoms with Crippen LogP contribution in [-0.4, -0.2) is 39.0 Å². The Hall–Kier alpha value is -4.20. The van der Waals surface area contributed by atoms with Crippen molar-refractivity contribution in [3.63, 3.8) is 0 Å². The Kier molecular flexibility index (Phi) is 6.41. The zero-order valence-electron chi connectivity index (χ0n) is 17.9. The fraction of sp³-hybridized carbons (Fsp3) is 0.167. The summed E-state index contributed by atoms with van der Waals surface area (Å²) in [5.74, 6) is 2.57. The van der Waals surface area contributed by atoms with Gasteiger partial charge in [-0.15, -0.1) is 10.2 Å². The first-order valence-corrected chi connectivity index (χ1v) is 10.3. The van der Waals surface area contributed by atoms with Gasteiger partial charge < -0.3 is 15.4 Å². The van der Waals surface area contributed by atoms with Crippen molar-refractivity contribution in [2.75, 3.05) is 18.4 Å². The summed E-state index contributed by atoms with van der Waals surface area (Å²) in [7, 11) is 0. The normalized spacial score (nSPS) is 10.6. The van der Waals surface area contributed by atoms with Gasteiger partial charge in [-0.3, -0.25) is 4.79 Å². The highest BCUT2D eigenvalue weighted by atomic mass is 16.5. The van der Waals surface area contributed by atoms with E-state index in [2.05, 4.69) is 25.9 Å². The molecule has 0 aliphatic heterocycles. The zero-order valence-corrected chi connectivity index (χ0v) is 17.9. The quantitative estimate of drug-likeness (QED) is 0.413. The number of nitrogens with one attached hydrogen (secondary N) is 2. The maximum absolute atomic E-state index is 12.3. The molecule has 4 aromatic rings. The summed E-state index contributed by atoms with van der Waals surface area (Å²) in [6.45, 7) is 4.88. The lowest BCUT2D eigenvalue weighted by atomic mass is 10.2. The molecule has 0 saturated heterocycles. The van der Waals surface area contributed by atoms with Gasteiger partial charge >= 0.3 is 0 Å². The zero-order chi connectivity index (χ0) is 22.3. The Labute approximate surface area is 186 Å². The highest BCUT2D eigenvalue weighted by Gasteiger charge is 2.07. The number of nitrogens with zero attached hydrogens (tertiary/aromatic N) is 4. The van der Waals surface area contributed by atoms with Gasteiger partial charge in [0.25, 0.3) is 5.91 Å². The molecule has 0 aliphatic carbocycles. The lowest BCUT2D eigenvalue weighted by Crippen LogP contribution is -2.28. The van der Waals surface area contributed by atoms with Gasteiger partial charge in [-0.05, 0) is 68.4 Å². The molecular weight excluding hydrogens is 404 g/mol. The third-order valence-electron chi connectivity index (χ3n) is 4.69. The monoisotopic (exact) mass is 428 g/mol. The van der Waals surface area contributed by atoms with Crippen molar-refractivity contribution in [2.24, 2.45) is 0 Å². The van der Waals surface area contributed by atoms with E-state index >= 15 is 0 Å². The number of aromatic nitrogens is 4. The average molecular weight is 428 g/mol. The van der Waals surface area contributed by atoms with E-state index < -0.39 is 0 Å². The third kappa shape index (κ3) is 5.28. The maximum atomic E-state index is 12.3. The summed E-state index contributed by atoms with van der Waals surface area (Å²) in [6, 6.07) is 22.2. The van der Waals surface area contributed by atoms with Crippen molar-refractivity contribution in [3.05, 3.63) is 89.7 Å². The van der Waals surface area contributed by atoms with E-state index in [9.17, 15) is 4.79 Å². The molecule has 8 nitrogen and oxygen atoms in total. The molecule has 8 heteroatoms. The second kappa shape index (κ2) is 9.74. The second-order valence-electron chi connectivity index (χ2n) is 7.24. The topological polar surface area (TPSA) is 94.0 Å². The molecule has 0 fully saturated rings. The molecule has 1 amide bonds. The predicted molar refractivity (Wildman–Crippen MR) is 122 cm³/mol. The van der Waals surface area contributed by atoms with Gasteiger partial charge in [0.05, 0.1) is 5.69 Å². The van der Waals surface area contributed by atoms with Gasteiger partial charge in [0, 0.05) is 24.3 Å². The fourth-order valence-electron chi connectivity index (χ4n) is 3.16. The van der Waals surface area contributed by atoms with Crippen LogP contribution in [0.2, 0.25) is 0 Å². The average Bonchev–Trinajstić information content (AvgIpc) is 3.16. The number of hydrogen-bond acceptors (Lipinski definition) is 6. The third-order valence-corrected chi connectivity index (χ3v) is 4.69. The van der Waals surface area contributed by atoms with Crippen molar-refractivity contribution >= 4 is 11.7 Å². The molecule has 2 aromatic heterocycles. The number of para-hydroxylation sites is 1. The summed E-state index contributed by atoms with van der Waals surface area (Å²) in [6.07, 6.45) is 0. The second-order valence-corrected chi connectivity index (χ2v) is 7.24. The van der Waals surface area contributed by atoms with Gasteiger partial charge in [-0.25, -0.2) is 4.68 Å². The maximum Gasteiger partial charge on any atom is 0.251 e. The van der Waals surface area contributed by atoms with Gasteiger partial charge in [0.2, 0.25) is 0 Å². The number of ether oxygens (including phenoxy) is 1. The molecule has 0 spiro atoms. The minimum absolute atomic E-state index is 0.149. The van der Waals surface area contributed by atoms with Crippen LogP contribution in [-0.2, 0) is 0 Å². The number of rotatable bonds is 8. The first kappa shape index (κ1) is 21.0. The molecule has 2 N–H and O–H groups in total. The lowest BCUT2D eigenvalue weighted by Gasteiger charge is -2.09. The van der Waals surface area contributed by atoms with Gasteiger partial charge in [0.15, 0.2) is 5.82 Å². The van der Waals surface area contributed by atoms with Crippen LogP contribution in [0.5, 0.6) is 11.5 Å². The summed E-state index contributed by atoms with van der Waals surface area (Å²) < 4.78 is 7.50. The van der Waals surface area contributed by atoms with Crippen LogP contribution in [0, 0.1) is 13.8 Å². The molecule has 162 valence electrons. The van der Waals surface area contributed by atoms with Crippen molar-refractivity contribution in [3.8, 4) is 17.3 Å². The number of aryl methyl sites for hydroxylation is 2. The number of amides is 1. The van der Waals surface area contributed by atoms with Crippen LogP contribution in [0.15, 0.2) is 72.8 Å². The van der Waals surface area contributed by atoms with Gasteiger partial charge in [-0.2, -0.15) is 5.10 Å². The molecule has 0 atom stereocenters. The van der Waals surface area contributed by atoms with E-state index in [1.165, 1.54) is 0 Å². The standard InChI is InChI=1S/C24H24N6O2/c1-17-16-18(2)30(29-17)23-13-12-22(27-28-23)25-14-15-26-24(31)19-8-10-21(11-9-19)32-20-6-4-3-5-7-20/h3-13,16H,14-15H2,1-2H3,(H,25,27)(H,26,31). The molecule has 0 bridgehead atoms. The Morgan fingerprint density at radius 1 is 0.906 bits per heavy atom. The largest absolute Gasteiger partial charge is 0.457 e. The lowest BCUT2D eigenvalue weighted by molar-refractivity contribution is 0.0955. The number of carbonyl (C=O) groups excluding carboxylic acids is 1. The van der Waals surface area contributed by atoms with E-state index in [-0.39, 0.29) is 5.91 Å². The van der Waals surface area contributed by atoms with Crippen molar-refractivity contribution in [1.82, 2.24) is 25.3 Å². The van der Waals surface area contributed by atoms with Crippen molar-refractivity contribution in [1.29, 1.82) is 0 Å². The van der Waals surface area contributed by atoms with Gasteiger partial charge in [-0.1, -0.05) is 18.2 Å². The first-order valence-electron chi connectivity index (χ1n) is 10.3. The van der Waals surface area contributed by atoms with Crippen LogP contribution in [0.1, 0.15) is 21.7 Å². The Balaban J connectivity index is 1.23. The fourth-order valence-corrected chi connectivity index (χ4v) is 3.16. The van der Waals surface area contributed by atoms with Crippen LogP contribution in [0.4, 0.5) is 5.82 Å². The summed E-state index contributed by atoms with van der Waals surface area (Å²) in [4.78, 5) is 12.3. The smallest absolute Gasteiger partial charge is 0.251 e. The van der Waals surface area contributed by atoms with Crippen LogP contribution >= 0.6 is 0 Å². The number of benzene rings is 2. The summed E-state index contributed by atoms with van der Waals surface area (Å²) in [5.41, 5.74) is 2.50. The minimum atomic E-state index is -0.149. The van der Waals surface area contributed by atoms with Crippen molar-refractivity contribution < 1.29 is 9.53 Å². The molecule has 2 heterocycles. The van der Waals surface area contributed by atoms with Gasteiger partial charge in [0.1, 0.15) is 17.3 Å². The van der Waals surface area contributed by atoms with E-state index in [0.29, 0.717) is 36.0 Å². The molecule has 0 unspecified atom stereocenters. The highest BCUT2D eigenvalue weighted by Crippen LogP contribution is 2.21. The van der Waals surface area contributed by atoms with Crippen LogP contribution in [0.3, 0.4) is 0 Å². The predicted octanol–water partition coefficient (Wildman–Crippen LogP) is 3.91. The molecule has 0 saturated carbocycles. The molecule has 0 radical (unpaired) electrons. The number of hydrogen-bond donors (Lipinski definition) is 2. The SMILES string of the molecule is Cc1cc(C)n(-c2ccc(NCCNC(=O)c3ccc(Oc4ccccc4)cc3)nn2)n1. The Bertz CT molecular complexity index is 1170. The number of anilines is 1. The highest BCUT2D eigenvalue weighted by molar-refractivity contribution is 5.94. The van der Waals surface area contributed by atoms with E-state index in [4.69, 9.17) is 4.74 Å². The Morgan fingerprint density at radius 2 is 1.66 bits per heavy atom. The Morgan fingerprint density at radius 3 is 2.31 bits per heavy atom. The molecule has 4 rings (SSSR count). The molecule has 32 heavy (non-hydrogen) atoms. The summed E-state index contributed by atoms with van der Waals surface area (Å²) >= 11 is 0. The van der Waals surface area contributed by atoms with Crippen LogP contribution in [0.25, 0.3) is 5.82 Å². The van der Waals surface area contributed by atoms with Crippen molar-refractivity contribution in [2.45, 2.75) is 13.8 Å². The minimum Gasteiger partial charge on any atom is -0.457 e. The van der Waals surface area contributed by atoms with E-state index in [1.54, 1.807) is 28.9 Å². The molecular formula is C24H24N6O2. The molecule has 2 aromatic carbocycles. The van der Waals surface area contributed by atoms with E-state index in [0.717, 1.165) is 17.1 Å². The number of carbonyl (C=O) groups is 1.